The van der Waals surface area contributed by atoms with E-state index < -0.39 is 16.0 Å². The summed E-state index contributed by atoms with van der Waals surface area (Å²) in [7, 11) is -2.04. The second-order valence-corrected chi connectivity index (χ2v) is 6.27. The summed E-state index contributed by atoms with van der Waals surface area (Å²) in [6.07, 6.45) is 1.44. The minimum atomic E-state index is -3.76. The van der Waals surface area contributed by atoms with Gasteiger partial charge < -0.3 is 9.30 Å². The maximum Gasteiger partial charge on any atom is 0.338 e. The third-order valence-electron chi connectivity index (χ3n) is 3.01. The third-order valence-corrected chi connectivity index (χ3v) is 4.26. The predicted octanol–water partition coefficient (Wildman–Crippen LogP) is 1.71. The van der Waals surface area contributed by atoms with Crippen molar-refractivity contribution in [3.8, 4) is 0 Å². The van der Waals surface area contributed by atoms with E-state index in [1.807, 2.05) is 0 Å². The number of carbonyl (C=O) groups is 1. The predicted molar refractivity (Wildman–Crippen MR) is 81.2 cm³/mol. The van der Waals surface area contributed by atoms with Gasteiger partial charge in [-0.25, -0.2) is 9.78 Å². The number of aryl methyl sites for hydroxylation is 2. The van der Waals surface area contributed by atoms with Gasteiger partial charge >= 0.3 is 5.97 Å². The molecule has 1 N–H and O–H groups in total. The highest BCUT2D eigenvalue weighted by molar-refractivity contribution is 7.92. The largest absolute Gasteiger partial charge is 0.462 e. The van der Waals surface area contributed by atoms with E-state index in [2.05, 4.69) is 9.71 Å². The highest BCUT2D eigenvalue weighted by Crippen LogP contribution is 2.16. The molecular weight excluding hydrogens is 306 g/mol. The zero-order valence-corrected chi connectivity index (χ0v) is 13.3. The molecule has 7 nitrogen and oxygen atoms in total. The first-order valence-electron chi connectivity index (χ1n) is 6.63. The van der Waals surface area contributed by atoms with Gasteiger partial charge in [-0.3, -0.25) is 4.72 Å². The molecule has 0 aliphatic rings. The summed E-state index contributed by atoms with van der Waals surface area (Å²) in [4.78, 5) is 15.5. The summed E-state index contributed by atoms with van der Waals surface area (Å²) in [6, 6.07) is 6.00. The molecule has 118 valence electrons. The van der Waals surface area contributed by atoms with E-state index in [0.29, 0.717) is 17.1 Å². The number of nitrogens with one attached hydrogen (secondary N) is 1. The van der Waals surface area contributed by atoms with Crippen molar-refractivity contribution in [2.24, 2.45) is 7.05 Å². The first-order chi connectivity index (χ1) is 10.3. The molecule has 1 aromatic heterocycles. The lowest BCUT2D eigenvalue weighted by Crippen LogP contribution is -2.13. The molecule has 2 rings (SSSR count). The number of rotatable bonds is 5. The van der Waals surface area contributed by atoms with Gasteiger partial charge in [0.2, 0.25) is 0 Å². The van der Waals surface area contributed by atoms with Crippen LogP contribution in [0.5, 0.6) is 0 Å². The summed E-state index contributed by atoms with van der Waals surface area (Å²) in [5, 5.41) is -0.0537. The molecule has 0 aliphatic carbocycles. The maximum absolute atomic E-state index is 12.2. The van der Waals surface area contributed by atoms with Crippen LogP contribution in [0.3, 0.4) is 0 Å². The molecule has 0 aliphatic heterocycles. The zero-order valence-electron chi connectivity index (χ0n) is 12.5. The van der Waals surface area contributed by atoms with Crippen LogP contribution in [0.2, 0.25) is 0 Å². The minimum Gasteiger partial charge on any atom is -0.462 e. The Bertz CT molecular complexity index is 759. The normalized spacial score (nSPS) is 11.2. The molecule has 0 saturated heterocycles. The number of benzene rings is 1. The van der Waals surface area contributed by atoms with Crippen molar-refractivity contribution in [3.05, 3.63) is 41.9 Å². The lowest BCUT2D eigenvalue weighted by molar-refractivity contribution is 0.0526. The second-order valence-electron chi connectivity index (χ2n) is 4.64. The molecule has 0 atom stereocenters. The van der Waals surface area contributed by atoms with Gasteiger partial charge in [0.05, 0.1) is 12.2 Å². The fraction of sp³-hybridized carbons (Fsp3) is 0.286. The van der Waals surface area contributed by atoms with Gasteiger partial charge in [0.1, 0.15) is 5.82 Å². The van der Waals surface area contributed by atoms with Crippen molar-refractivity contribution in [1.29, 1.82) is 0 Å². The standard InChI is InChI=1S/C14H17N3O4S/c1-4-21-14(18)11-5-7-12(8-6-11)16-22(19,20)13-9-17(3)10(2)15-13/h5-9,16H,4H2,1-3H3. The Morgan fingerprint density at radius 2 is 1.95 bits per heavy atom. The van der Waals surface area contributed by atoms with E-state index in [9.17, 15) is 13.2 Å². The second kappa shape index (κ2) is 6.18. The Kier molecular flexibility index (Phi) is 4.51. The van der Waals surface area contributed by atoms with Crippen molar-refractivity contribution in [2.45, 2.75) is 18.9 Å². The van der Waals surface area contributed by atoms with Crippen molar-refractivity contribution in [3.63, 3.8) is 0 Å². The van der Waals surface area contributed by atoms with E-state index in [1.165, 1.54) is 30.5 Å². The van der Waals surface area contributed by atoms with Crippen LogP contribution < -0.4 is 4.72 Å². The Labute approximate surface area is 129 Å². The lowest BCUT2D eigenvalue weighted by atomic mass is 10.2. The van der Waals surface area contributed by atoms with Gasteiger partial charge in [-0.05, 0) is 38.1 Å². The summed E-state index contributed by atoms with van der Waals surface area (Å²) >= 11 is 0. The van der Waals surface area contributed by atoms with Crippen LogP contribution in [0, 0.1) is 6.92 Å². The number of hydrogen-bond donors (Lipinski definition) is 1. The molecular formula is C14H17N3O4S. The van der Waals surface area contributed by atoms with Gasteiger partial charge in [-0.1, -0.05) is 0 Å². The van der Waals surface area contributed by atoms with Crippen molar-refractivity contribution in [1.82, 2.24) is 9.55 Å². The summed E-state index contributed by atoms with van der Waals surface area (Å²) in [5.74, 6) is 0.148. The van der Waals surface area contributed by atoms with Crippen LogP contribution in [-0.2, 0) is 21.8 Å². The molecule has 2 aromatic rings. The number of imidazole rings is 1. The smallest absolute Gasteiger partial charge is 0.338 e. The SMILES string of the molecule is CCOC(=O)c1ccc(NS(=O)(=O)c2cn(C)c(C)n2)cc1. The number of nitrogens with zero attached hydrogens (tertiary/aromatic N) is 2. The van der Waals surface area contributed by atoms with Gasteiger partial charge in [0.25, 0.3) is 10.0 Å². The molecule has 0 saturated carbocycles. The summed E-state index contributed by atoms with van der Waals surface area (Å²) < 4.78 is 33.3. The summed E-state index contributed by atoms with van der Waals surface area (Å²) in [6.45, 7) is 3.72. The van der Waals surface area contributed by atoms with Gasteiger partial charge in [-0.2, -0.15) is 8.42 Å². The molecule has 0 amide bonds. The summed E-state index contributed by atoms with van der Waals surface area (Å²) in [5.41, 5.74) is 0.704. The first kappa shape index (κ1) is 16.0. The zero-order chi connectivity index (χ0) is 16.3. The molecule has 0 radical (unpaired) electrons. The van der Waals surface area contributed by atoms with Crippen LogP contribution in [0.1, 0.15) is 23.1 Å². The lowest BCUT2D eigenvalue weighted by Gasteiger charge is -2.06. The number of hydrogen-bond acceptors (Lipinski definition) is 5. The molecule has 22 heavy (non-hydrogen) atoms. The number of aromatic nitrogens is 2. The third kappa shape index (κ3) is 3.45. The van der Waals surface area contributed by atoms with Crippen LogP contribution in [0.15, 0.2) is 35.5 Å². The van der Waals surface area contributed by atoms with Crippen LogP contribution in [0.25, 0.3) is 0 Å². The number of esters is 1. The van der Waals surface area contributed by atoms with E-state index in [-0.39, 0.29) is 11.6 Å². The molecule has 0 bridgehead atoms. The first-order valence-corrected chi connectivity index (χ1v) is 8.12. The molecule has 0 fully saturated rings. The highest BCUT2D eigenvalue weighted by atomic mass is 32.2. The van der Waals surface area contributed by atoms with Gasteiger partial charge in [0.15, 0.2) is 5.03 Å². The van der Waals surface area contributed by atoms with Crippen molar-refractivity contribution >= 4 is 21.7 Å². The number of carbonyl (C=O) groups excluding carboxylic acids is 1. The highest BCUT2D eigenvalue weighted by Gasteiger charge is 2.18. The van der Waals surface area contributed by atoms with E-state index >= 15 is 0 Å². The molecule has 0 spiro atoms. The monoisotopic (exact) mass is 323 g/mol. The average molecular weight is 323 g/mol. The van der Waals surface area contributed by atoms with E-state index in [1.54, 1.807) is 25.5 Å². The van der Waals surface area contributed by atoms with Crippen molar-refractivity contribution in [2.75, 3.05) is 11.3 Å². The minimum absolute atomic E-state index is 0.0537. The van der Waals surface area contributed by atoms with E-state index in [0.717, 1.165) is 0 Å². The number of ether oxygens (including phenoxy) is 1. The Morgan fingerprint density at radius 1 is 1.32 bits per heavy atom. The number of sulfonamides is 1. The van der Waals surface area contributed by atoms with Crippen LogP contribution in [-0.4, -0.2) is 30.5 Å². The molecule has 8 heteroatoms. The van der Waals surface area contributed by atoms with Gasteiger partial charge in [0, 0.05) is 18.9 Å². The average Bonchev–Trinajstić information content (AvgIpc) is 2.80. The molecule has 1 aromatic carbocycles. The Morgan fingerprint density at radius 3 is 2.45 bits per heavy atom. The Hall–Kier alpha value is -2.35. The fourth-order valence-corrected chi connectivity index (χ4v) is 2.85. The van der Waals surface area contributed by atoms with E-state index in [4.69, 9.17) is 4.74 Å². The topological polar surface area (TPSA) is 90.3 Å². The fourth-order valence-electron chi connectivity index (χ4n) is 1.75. The van der Waals surface area contributed by atoms with Crippen molar-refractivity contribution < 1.29 is 17.9 Å². The number of anilines is 1. The Balaban J connectivity index is 2.18. The molecule has 1 heterocycles. The quantitative estimate of drug-likeness (QED) is 0.846. The maximum atomic E-state index is 12.2. The van der Waals surface area contributed by atoms with Crippen LogP contribution in [0.4, 0.5) is 5.69 Å². The van der Waals surface area contributed by atoms with Gasteiger partial charge in [-0.15, -0.1) is 0 Å². The van der Waals surface area contributed by atoms with Crippen LogP contribution >= 0.6 is 0 Å². The molecule has 0 unspecified atom stereocenters.